The quantitative estimate of drug-likeness (QED) is 0.733. The van der Waals surface area contributed by atoms with Crippen molar-refractivity contribution in [3.63, 3.8) is 0 Å². The highest BCUT2D eigenvalue weighted by Gasteiger charge is 2.27. The molecule has 1 saturated heterocycles. The molecule has 7 nitrogen and oxygen atoms in total. The van der Waals surface area contributed by atoms with E-state index in [4.69, 9.17) is 0 Å². The summed E-state index contributed by atoms with van der Waals surface area (Å²) in [5.74, 6) is -0.396. The minimum atomic E-state index is -3.58. The first-order chi connectivity index (χ1) is 14.3. The number of hydrogen-bond acceptors (Lipinski definition) is 4. The molecule has 3 rings (SSSR count). The lowest BCUT2D eigenvalue weighted by molar-refractivity contribution is -0.129. The second kappa shape index (κ2) is 9.40. The molecule has 1 aliphatic rings. The largest absolute Gasteiger partial charge is 0.339 e. The number of nitrogens with zero attached hydrogens (tertiary/aromatic N) is 2. The van der Waals surface area contributed by atoms with Gasteiger partial charge in [0.15, 0.2) is 0 Å². The normalized spacial score (nSPS) is 14.5. The number of carbonyl (C=O) groups is 2. The van der Waals surface area contributed by atoms with Gasteiger partial charge in [-0.1, -0.05) is 18.2 Å². The standard InChI is InChI=1S/C22H27N3O4S/c1-3-24(17(2)26)16-18-8-6-10-20(14-18)23-22(27)19-9-7-11-21(15-19)30(28,29)25-12-4-5-13-25/h6-11,14-15H,3-5,12-13,16H2,1-2H3,(H,23,27). The number of amides is 2. The van der Waals surface area contributed by atoms with Crippen LogP contribution in [0.15, 0.2) is 53.4 Å². The van der Waals surface area contributed by atoms with E-state index in [0.717, 1.165) is 18.4 Å². The van der Waals surface area contributed by atoms with E-state index in [1.807, 2.05) is 25.1 Å². The van der Waals surface area contributed by atoms with Gasteiger partial charge in [0.1, 0.15) is 0 Å². The molecule has 30 heavy (non-hydrogen) atoms. The fourth-order valence-corrected chi connectivity index (χ4v) is 5.06. The number of nitrogens with one attached hydrogen (secondary N) is 1. The number of benzene rings is 2. The van der Waals surface area contributed by atoms with Gasteiger partial charge in [0, 0.05) is 44.4 Å². The average molecular weight is 430 g/mol. The lowest BCUT2D eigenvalue weighted by atomic mass is 10.1. The molecule has 0 aromatic heterocycles. The molecule has 1 aliphatic heterocycles. The second-order valence-corrected chi connectivity index (χ2v) is 9.26. The van der Waals surface area contributed by atoms with E-state index >= 15 is 0 Å². The van der Waals surface area contributed by atoms with Crippen LogP contribution in [0.3, 0.4) is 0 Å². The van der Waals surface area contributed by atoms with Crippen LogP contribution >= 0.6 is 0 Å². The van der Waals surface area contributed by atoms with Gasteiger partial charge in [0.05, 0.1) is 4.90 Å². The van der Waals surface area contributed by atoms with Crippen LogP contribution in [0.4, 0.5) is 5.69 Å². The van der Waals surface area contributed by atoms with E-state index in [1.165, 1.54) is 23.4 Å². The molecule has 0 atom stereocenters. The zero-order valence-electron chi connectivity index (χ0n) is 17.3. The maximum absolute atomic E-state index is 12.8. The van der Waals surface area contributed by atoms with Gasteiger partial charge >= 0.3 is 0 Å². The van der Waals surface area contributed by atoms with Crippen LogP contribution in [0.25, 0.3) is 0 Å². The minimum absolute atomic E-state index is 0.0111. The SMILES string of the molecule is CCN(Cc1cccc(NC(=O)c2cccc(S(=O)(=O)N3CCCC3)c2)c1)C(C)=O. The van der Waals surface area contributed by atoms with Crippen molar-refractivity contribution in [1.29, 1.82) is 0 Å². The van der Waals surface area contributed by atoms with Crippen LogP contribution in [-0.4, -0.2) is 49.1 Å². The Bertz CT molecular complexity index is 1030. The highest BCUT2D eigenvalue weighted by molar-refractivity contribution is 7.89. The number of hydrogen-bond donors (Lipinski definition) is 1. The molecule has 0 saturated carbocycles. The molecule has 0 spiro atoms. The van der Waals surface area contributed by atoms with Gasteiger partial charge in [0.25, 0.3) is 5.91 Å². The fraction of sp³-hybridized carbons (Fsp3) is 0.364. The molecule has 0 radical (unpaired) electrons. The number of anilines is 1. The highest BCUT2D eigenvalue weighted by Crippen LogP contribution is 2.22. The maximum Gasteiger partial charge on any atom is 0.255 e. The Morgan fingerprint density at radius 1 is 1.07 bits per heavy atom. The van der Waals surface area contributed by atoms with Crippen molar-refractivity contribution in [2.75, 3.05) is 25.0 Å². The van der Waals surface area contributed by atoms with Gasteiger partial charge in [0.2, 0.25) is 15.9 Å². The summed E-state index contributed by atoms with van der Waals surface area (Å²) in [5.41, 5.74) is 1.76. The average Bonchev–Trinajstić information content (AvgIpc) is 3.28. The third-order valence-electron chi connectivity index (χ3n) is 5.18. The van der Waals surface area contributed by atoms with Crippen LogP contribution < -0.4 is 5.32 Å². The molecule has 1 heterocycles. The molecule has 160 valence electrons. The maximum atomic E-state index is 12.8. The van der Waals surface area contributed by atoms with Crippen molar-refractivity contribution in [2.24, 2.45) is 0 Å². The van der Waals surface area contributed by atoms with Gasteiger partial charge in [-0.05, 0) is 55.7 Å². The summed E-state index contributed by atoms with van der Waals surface area (Å²) >= 11 is 0. The van der Waals surface area contributed by atoms with Crippen LogP contribution in [0.2, 0.25) is 0 Å². The first-order valence-corrected chi connectivity index (χ1v) is 11.5. The summed E-state index contributed by atoms with van der Waals surface area (Å²) < 4.78 is 27.0. The zero-order chi connectivity index (χ0) is 21.7. The first kappa shape index (κ1) is 22.0. The Labute approximate surface area is 177 Å². The topological polar surface area (TPSA) is 86.8 Å². The molecular weight excluding hydrogens is 402 g/mol. The zero-order valence-corrected chi connectivity index (χ0v) is 18.1. The summed E-state index contributed by atoms with van der Waals surface area (Å²) in [6, 6.07) is 13.4. The monoisotopic (exact) mass is 429 g/mol. The van der Waals surface area contributed by atoms with Crippen molar-refractivity contribution in [1.82, 2.24) is 9.21 Å². The van der Waals surface area contributed by atoms with Gasteiger partial charge in [-0.3, -0.25) is 9.59 Å². The molecule has 8 heteroatoms. The Hall–Kier alpha value is -2.71. The Balaban J connectivity index is 1.75. The minimum Gasteiger partial charge on any atom is -0.339 e. The predicted molar refractivity (Wildman–Crippen MR) is 116 cm³/mol. The smallest absolute Gasteiger partial charge is 0.255 e. The van der Waals surface area contributed by atoms with E-state index in [2.05, 4.69) is 5.32 Å². The van der Waals surface area contributed by atoms with E-state index < -0.39 is 10.0 Å². The molecule has 0 bridgehead atoms. The lowest BCUT2D eigenvalue weighted by Gasteiger charge is -2.19. The van der Waals surface area contributed by atoms with Gasteiger partial charge < -0.3 is 10.2 Å². The van der Waals surface area contributed by atoms with Gasteiger partial charge in [-0.2, -0.15) is 4.31 Å². The molecule has 1 N–H and O–H groups in total. The van der Waals surface area contributed by atoms with E-state index in [9.17, 15) is 18.0 Å². The van der Waals surface area contributed by atoms with Crippen molar-refractivity contribution in [3.8, 4) is 0 Å². The van der Waals surface area contributed by atoms with Crippen molar-refractivity contribution in [3.05, 3.63) is 59.7 Å². The van der Waals surface area contributed by atoms with Crippen LogP contribution in [0, 0.1) is 0 Å². The van der Waals surface area contributed by atoms with Crippen molar-refractivity contribution < 1.29 is 18.0 Å². The van der Waals surface area contributed by atoms with Gasteiger partial charge in [-0.15, -0.1) is 0 Å². The van der Waals surface area contributed by atoms with E-state index in [1.54, 1.807) is 23.1 Å². The van der Waals surface area contributed by atoms with Crippen LogP contribution in [0.1, 0.15) is 42.6 Å². The summed E-state index contributed by atoms with van der Waals surface area (Å²) in [6.07, 6.45) is 1.71. The summed E-state index contributed by atoms with van der Waals surface area (Å²) in [5, 5.41) is 2.82. The fourth-order valence-electron chi connectivity index (χ4n) is 3.49. The summed E-state index contributed by atoms with van der Waals surface area (Å²) in [7, 11) is -3.58. The summed E-state index contributed by atoms with van der Waals surface area (Å²) in [6.45, 7) is 5.53. The van der Waals surface area contributed by atoms with Crippen LogP contribution in [0.5, 0.6) is 0 Å². The van der Waals surface area contributed by atoms with Crippen LogP contribution in [-0.2, 0) is 21.4 Å². The molecule has 2 amide bonds. The Kier molecular flexibility index (Phi) is 6.89. The number of rotatable bonds is 7. The predicted octanol–water partition coefficient (Wildman–Crippen LogP) is 3.09. The number of carbonyl (C=O) groups excluding carboxylic acids is 2. The Morgan fingerprint density at radius 3 is 2.43 bits per heavy atom. The van der Waals surface area contributed by atoms with Gasteiger partial charge in [-0.25, -0.2) is 8.42 Å². The van der Waals surface area contributed by atoms with E-state index in [0.29, 0.717) is 31.9 Å². The molecule has 2 aromatic rings. The molecule has 1 fully saturated rings. The molecule has 0 unspecified atom stereocenters. The third kappa shape index (κ3) is 5.06. The first-order valence-electron chi connectivity index (χ1n) is 10.1. The highest BCUT2D eigenvalue weighted by atomic mass is 32.2. The van der Waals surface area contributed by atoms with E-state index in [-0.39, 0.29) is 22.3 Å². The third-order valence-corrected chi connectivity index (χ3v) is 7.08. The number of sulfonamides is 1. The lowest BCUT2D eigenvalue weighted by Crippen LogP contribution is -2.28. The summed E-state index contributed by atoms with van der Waals surface area (Å²) in [4.78, 5) is 26.2. The van der Waals surface area contributed by atoms with Crippen molar-refractivity contribution >= 4 is 27.5 Å². The van der Waals surface area contributed by atoms with Crippen molar-refractivity contribution in [2.45, 2.75) is 38.1 Å². The molecule has 2 aromatic carbocycles. The molecular formula is C22H27N3O4S. The second-order valence-electron chi connectivity index (χ2n) is 7.33. The molecule has 0 aliphatic carbocycles. The Morgan fingerprint density at radius 2 is 1.77 bits per heavy atom.